The average Bonchev–Trinajstić information content (AvgIpc) is 3.50. The Morgan fingerprint density at radius 2 is 1.40 bits per heavy atom. The molecule has 8 rings (SSSR count). The number of aromatic nitrogens is 1. The minimum atomic E-state index is -1.20. The van der Waals surface area contributed by atoms with Gasteiger partial charge in [0, 0.05) is 23.5 Å². The quantitative estimate of drug-likeness (QED) is 0.0941. The lowest BCUT2D eigenvalue weighted by Crippen LogP contribution is -2.53. The van der Waals surface area contributed by atoms with E-state index < -0.39 is 42.4 Å². The monoisotopic (exact) mass is 680 g/mol. The molecule has 0 radical (unpaired) electrons. The fourth-order valence-electron chi connectivity index (χ4n) is 8.21. The van der Waals surface area contributed by atoms with Gasteiger partial charge >= 0.3 is 24.2 Å². The summed E-state index contributed by atoms with van der Waals surface area (Å²) in [5, 5.41) is 3.26. The van der Waals surface area contributed by atoms with E-state index in [0.29, 0.717) is 34.2 Å². The van der Waals surface area contributed by atoms with Gasteiger partial charge in [-0.15, -0.1) is 0 Å². The van der Waals surface area contributed by atoms with Crippen LogP contribution in [0.3, 0.4) is 0 Å². The number of esters is 2. The van der Waals surface area contributed by atoms with Crippen LogP contribution >= 0.6 is 0 Å². The van der Waals surface area contributed by atoms with Crippen LogP contribution in [0.5, 0.6) is 5.75 Å². The fraction of sp³-hybridized carbons (Fsp3) is 0.385. The number of nitrogens with one attached hydrogen (secondary N) is 2. The molecule has 50 heavy (non-hydrogen) atoms. The minimum absolute atomic E-state index is 0.0000119. The topological polar surface area (TPSA) is 142 Å². The second-order valence-corrected chi connectivity index (χ2v) is 13.8. The number of aromatic amines is 1. The number of amides is 1. The van der Waals surface area contributed by atoms with Crippen LogP contribution in [0.4, 0.5) is 9.59 Å². The van der Waals surface area contributed by atoms with E-state index in [9.17, 15) is 19.2 Å². The van der Waals surface area contributed by atoms with Crippen LogP contribution in [0.15, 0.2) is 85.1 Å². The van der Waals surface area contributed by atoms with Crippen LogP contribution in [-0.2, 0) is 48.2 Å². The maximum atomic E-state index is 13.5. The number of hydrogen-bond acceptors (Lipinski definition) is 9. The molecule has 3 aromatic carbocycles. The van der Waals surface area contributed by atoms with Gasteiger partial charge in [-0.25, -0.2) is 19.2 Å². The molecule has 4 fully saturated rings. The van der Waals surface area contributed by atoms with E-state index in [2.05, 4.69) is 10.3 Å². The van der Waals surface area contributed by atoms with Gasteiger partial charge in [0.15, 0.2) is 6.61 Å². The van der Waals surface area contributed by atoms with E-state index in [4.69, 9.17) is 23.7 Å². The number of fused-ring (bicyclic) bond motifs is 1. The first-order chi connectivity index (χ1) is 24.3. The number of benzene rings is 3. The summed E-state index contributed by atoms with van der Waals surface area (Å²) in [5.41, 5.74) is 2.48. The Hall–Kier alpha value is -5.32. The summed E-state index contributed by atoms with van der Waals surface area (Å²) in [6, 6.07) is 22.2. The minimum Gasteiger partial charge on any atom is -0.457 e. The van der Waals surface area contributed by atoms with E-state index in [1.807, 2.05) is 60.7 Å². The van der Waals surface area contributed by atoms with Gasteiger partial charge in [0.25, 0.3) is 0 Å². The Morgan fingerprint density at radius 1 is 0.780 bits per heavy atom. The second kappa shape index (κ2) is 14.7. The largest absolute Gasteiger partial charge is 0.514 e. The first kappa shape index (κ1) is 33.2. The van der Waals surface area contributed by atoms with Gasteiger partial charge in [-0.2, -0.15) is 0 Å². The summed E-state index contributed by atoms with van der Waals surface area (Å²) in [7, 11) is 0. The van der Waals surface area contributed by atoms with E-state index in [1.54, 1.807) is 24.4 Å². The molecule has 4 aliphatic carbocycles. The van der Waals surface area contributed by atoms with Gasteiger partial charge in [-0.05, 0) is 91.2 Å². The zero-order valence-corrected chi connectivity index (χ0v) is 27.6. The molecule has 4 aliphatic rings. The summed E-state index contributed by atoms with van der Waals surface area (Å²) in [6.07, 6.45) is 6.23. The van der Waals surface area contributed by atoms with Crippen molar-refractivity contribution >= 4 is 35.1 Å². The predicted octanol–water partition coefficient (Wildman–Crippen LogP) is 6.78. The fourth-order valence-corrected chi connectivity index (χ4v) is 8.21. The number of carbonyl (C=O) groups is 4. The van der Waals surface area contributed by atoms with Crippen molar-refractivity contribution in [1.29, 1.82) is 0 Å². The second-order valence-electron chi connectivity index (χ2n) is 13.8. The Labute approximate surface area is 289 Å². The molecule has 1 amide bonds. The highest BCUT2D eigenvalue weighted by molar-refractivity contribution is 5.88. The van der Waals surface area contributed by atoms with Crippen molar-refractivity contribution in [3.8, 4) is 5.75 Å². The number of rotatable bonds is 12. The molecule has 1 heterocycles. The van der Waals surface area contributed by atoms with Crippen molar-refractivity contribution in [1.82, 2.24) is 10.3 Å². The van der Waals surface area contributed by atoms with Crippen molar-refractivity contribution < 1.29 is 42.9 Å². The summed E-state index contributed by atoms with van der Waals surface area (Å²) < 4.78 is 27.5. The van der Waals surface area contributed by atoms with Gasteiger partial charge < -0.3 is 34.0 Å². The molecule has 0 spiro atoms. The van der Waals surface area contributed by atoms with Gasteiger partial charge in [0.2, 0.25) is 0 Å². The smallest absolute Gasteiger partial charge is 0.457 e. The Bertz CT molecular complexity index is 1800. The molecule has 2 N–H and O–H groups in total. The highest BCUT2D eigenvalue weighted by Crippen LogP contribution is 2.57. The number of carbonyl (C=O) groups excluding carboxylic acids is 4. The number of H-pyrrole nitrogens is 1. The first-order valence-electron chi connectivity index (χ1n) is 17.1. The molecular weight excluding hydrogens is 640 g/mol. The third-order valence-corrected chi connectivity index (χ3v) is 10.00. The van der Waals surface area contributed by atoms with Crippen LogP contribution < -0.4 is 10.1 Å². The molecule has 0 aliphatic heterocycles. The summed E-state index contributed by atoms with van der Waals surface area (Å²) in [6.45, 7) is -0.502. The van der Waals surface area contributed by atoms with Gasteiger partial charge in [0.1, 0.15) is 30.6 Å². The third kappa shape index (κ3) is 8.10. The van der Waals surface area contributed by atoms with Crippen molar-refractivity contribution in [2.24, 2.45) is 17.8 Å². The van der Waals surface area contributed by atoms with Crippen molar-refractivity contribution in [2.75, 3.05) is 6.61 Å². The molecule has 1 unspecified atom stereocenters. The summed E-state index contributed by atoms with van der Waals surface area (Å²) in [5.74, 6) is 0.615. The van der Waals surface area contributed by atoms with Crippen LogP contribution in [0.1, 0.15) is 55.2 Å². The Kier molecular flexibility index (Phi) is 9.73. The van der Waals surface area contributed by atoms with Crippen LogP contribution in [0.2, 0.25) is 0 Å². The Balaban J connectivity index is 1.01. The summed E-state index contributed by atoms with van der Waals surface area (Å²) >= 11 is 0. The highest BCUT2D eigenvalue weighted by Gasteiger charge is 2.53. The maximum absolute atomic E-state index is 13.5. The maximum Gasteiger partial charge on any atom is 0.514 e. The number of hydrogen-bond donors (Lipinski definition) is 2. The highest BCUT2D eigenvalue weighted by atomic mass is 16.7. The number of ether oxygens (including phenoxy) is 5. The van der Waals surface area contributed by atoms with E-state index in [-0.39, 0.29) is 25.4 Å². The first-order valence-corrected chi connectivity index (χ1v) is 17.1. The van der Waals surface area contributed by atoms with Crippen LogP contribution in [0.25, 0.3) is 10.9 Å². The standard InChI is InChI=1S/C39H40N2O9/c42-35(50-39-18-27-13-28(19-39)15-29(14-27)20-39)24-46-36(43)34(41-37(44)47-22-25-7-3-1-4-8-25)16-30-21-40-33-12-11-31(17-32(30)33)49-38(45)48-23-26-9-5-2-6-10-26/h1-12,17,21,27-29,34,40H,13-16,18-20,22-24H2,(H,41,44). The SMILES string of the molecule is O=C(COC(=O)C(Cc1c[nH]c2ccc(OC(=O)OCc3ccccc3)cc12)NC(=O)OCc1ccccc1)OC12CC3CC(CC(C3)C1)C2. The number of alkyl carbamates (subject to hydrolysis) is 1. The zero-order valence-electron chi connectivity index (χ0n) is 27.6. The molecule has 11 nitrogen and oxygen atoms in total. The van der Waals surface area contributed by atoms with Gasteiger partial charge in [-0.1, -0.05) is 60.7 Å². The molecule has 1 aromatic heterocycles. The van der Waals surface area contributed by atoms with Gasteiger partial charge in [0.05, 0.1) is 0 Å². The van der Waals surface area contributed by atoms with E-state index in [1.165, 1.54) is 19.3 Å². The lowest BCUT2D eigenvalue weighted by Gasteiger charge is -2.55. The van der Waals surface area contributed by atoms with Crippen molar-refractivity contribution in [3.05, 3.63) is 102 Å². The van der Waals surface area contributed by atoms with E-state index >= 15 is 0 Å². The molecule has 1 atom stereocenters. The lowest BCUT2D eigenvalue weighted by atomic mass is 9.54. The lowest BCUT2D eigenvalue weighted by molar-refractivity contribution is -0.192. The Morgan fingerprint density at radius 3 is 2.04 bits per heavy atom. The van der Waals surface area contributed by atoms with Crippen molar-refractivity contribution in [3.63, 3.8) is 0 Å². The van der Waals surface area contributed by atoms with Gasteiger partial charge in [-0.3, -0.25) is 0 Å². The van der Waals surface area contributed by atoms with E-state index in [0.717, 1.165) is 30.4 Å². The van der Waals surface area contributed by atoms with Crippen LogP contribution in [0, 0.1) is 17.8 Å². The zero-order chi connectivity index (χ0) is 34.5. The van der Waals surface area contributed by atoms with Crippen molar-refractivity contribution in [2.45, 2.75) is 69.8 Å². The third-order valence-electron chi connectivity index (χ3n) is 10.00. The summed E-state index contributed by atoms with van der Waals surface area (Å²) in [4.78, 5) is 55.0. The molecule has 260 valence electrons. The van der Waals surface area contributed by atoms with Crippen LogP contribution in [-0.4, -0.2) is 47.4 Å². The molecule has 4 bridgehead atoms. The molecule has 0 saturated heterocycles. The molecule has 4 saturated carbocycles. The molecule has 11 heteroatoms. The molecular formula is C39H40N2O9. The normalized spacial score (nSPS) is 22.4. The predicted molar refractivity (Wildman–Crippen MR) is 181 cm³/mol. The molecule has 4 aromatic rings. The average molecular weight is 681 g/mol.